The Morgan fingerprint density at radius 2 is 1.84 bits per heavy atom. The van der Waals surface area contributed by atoms with Crippen LogP contribution >= 0.6 is 0 Å². The second kappa shape index (κ2) is 9.20. The number of hydrogen-bond donors (Lipinski definition) is 1. The SMILES string of the molecule is CCOC(=O)C1CCN(C(=O)CC(C)NC(=O)c2ccccc2)CC1. The maximum absolute atomic E-state index is 12.4. The third-order valence-corrected chi connectivity index (χ3v) is 4.36. The summed E-state index contributed by atoms with van der Waals surface area (Å²) in [6.45, 7) is 5.12. The summed E-state index contributed by atoms with van der Waals surface area (Å²) >= 11 is 0. The van der Waals surface area contributed by atoms with Gasteiger partial charge in [0.2, 0.25) is 5.91 Å². The normalized spacial score (nSPS) is 16.2. The number of benzene rings is 1. The molecule has 0 spiro atoms. The van der Waals surface area contributed by atoms with Gasteiger partial charge in [-0.1, -0.05) is 18.2 Å². The van der Waals surface area contributed by atoms with Crippen LogP contribution in [0.15, 0.2) is 30.3 Å². The highest BCUT2D eigenvalue weighted by Crippen LogP contribution is 2.19. The largest absolute Gasteiger partial charge is 0.466 e. The Morgan fingerprint density at radius 3 is 2.44 bits per heavy atom. The number of carbonyl (C=O) groups excluding carboxylic acids is 3. The summed E-state index contributed by atoms with van der Waals surface area (Å²) in [6.07, 6.45) is 1.52. The van der Waals surface area contributed by atoms with E-state index in [1.807, 2.05) is 13.0 Å². The van der Waals surface area contributed by atoms with Gasteiger partial charge in [0.15, 0.2) is 0 Å². The molecule has 136 valence electrons. The summed E-state index contributed by atoms with van der Waals surface area (Å²) < 4.78 is 5.04. The standard InChI is InChI=1S/C19H26N2O4/c1-3-25-19(24)16-9-11-21(12-10-16)17(22)13-14(2)20-18(23)15-7-5-4-6-8-15/h4-8,14,16H,3,9-13H2,1-2H3,(H,20,23). The van der Waals surface area contributed by atoms with Crippen molar-refractivity contribution in [3.8, 4) is 0 Å². The minimum atomic E-state index is -0.247. The molecular formula is C19H26N2O4. The molecule has 25 heavy (non-hydrogen) atoms. The highest BCUT2D eigenvalue weighted by Gasteiger charge is 2.28. The first-order valence-electron chi connectivity index (χ1n) is 8.81. The predicted octanol–water partition coefficient (Wildman–Crippen LogP) is 2.00. The molecule has 1 aliphatic rings. The quantitative estimate of drug-likeness (QED) is 0.800. The van der Waals surface area contributed by atoms with Crippen LogP contribution in [0.1, 0.15) is 43.5 Å². The third kappa shape index (κ3) is 5.59. The molecule has 1 aromatic carbocycles. The molecule has 1 saturated heterocycles. The second-order valence-corrected chi connectivity index (χ2v) is 6.35. The van der Waals surface area contributed by atoms with Crippen LogP contribution < -0.4 is 5.32 Å². The van der Waals surface area contributed by atoms with E-state index in [9.17, 15) is 14.4 Å². The lowest BCUT2D eigenvalue weighted by Crippen LogP contribution is -2.43. The zero-order valence-electron chi connectivity index (χ0n) is 14.9. The van der Waals surface area contributed by atoms with E-state index in [0.29, 0.717) is 38.1 Å². The van der Waals surface area contributed by atoms with Crippen molar-refractivity contribution in [1.82, 2.24) is 10.2 Å². The summed E-state index contributed by atoms with van der Waals surface area (Å²) in [5, 5.41) is 2.85. The van der Waals surface area contributed by atoms with Crippen LogP contribution in [0.5, 0.6) is 0 Å². The Morgan fingerprint density at radius 1 is 1.20 bits per heavy atom. The summed E-state index contributed by atoms with van der Waals surface area (Å²) in [7, 11) is 0. The lowest BCUT2D eigenvalue weighted by Gasteiger charge is -2.31. The molecule has 0 aromatic heterocycles. The van der Waals surface area contributed by atoms with Gasteiger partial charge >= 0.3 is 5.97 Å². The number of nitrogens with one attached hydrogen (secondary N) is 1. The van der Waals surface area contributed by atoms with Gasteiger partial charge in [-0.25, -0.2) is 0 Å². The minimum Gasteiger partial charge on any atom is -0.466 e. The van der Waals surface area contributed by atoms with Gasteiger partial charge in [0, 0.05) is 31.1 Å². The van der Waals surface area contributed by atoms with E-state index < -0.39 is 0 Å². The number of amides is 2. The summed E-state index contributed by atoms with van der Waals surface area (Å²) in [5.74, 6) is -0.456. The number of carbonyl (C=O) groups is 3. The fraction of sp³-hybridized carbons (Fsp3) is 0.526. The fourth-order valence-corrected chi connectivity index (χ4v) is 2.96. The molecule has 1 aromatic rings. The van der Waals surface area contributed by atoms with E-state index in [2.05, 4.69) is 5.32 Å². The first-order valence-corrected chi connectivity index (χ1v) is 8.81. The van der Waals surface area contributed by atoms with Crippen LogP contribution in [0, 0.1) is 5.92 Å². The molecule has 6 heteroatoms. The Bertz CT molecular complexity index is 595. The maximum Gasteiger partial charge on any atom is 0.309 e. The monoisotopic (exact) mass is 346 g/mol. The van der Waals surface area contributed by atoms with Gasteiger partial charge < -0.3 is 15.0 Å². The smallest absolute Gasteiger partial charge is 0.309 e. The summed E-state index contributed by atoms with van der Waals surface area (Å²) in [6, 6.07) is 8.69. The average molecular weight is 346 g/mol. The zero-order valence-corrected chi connectivity index (χ0v) is 14.9. The molecule has 0 bridgehead atoms. The van der Waals surface area contributed by atoms with Crippen molar-refractivity contribution in [2.24, 2.45) is 5.92 Å². The van der Waals surface area contributed by atoms with Gasteiger partial charge in [-0.3, -0.25) is 14.4 Å². The first-order chi connectivity index (χ1) is 12.0. The molecule has 2 rings (SSSR count). The number of esters is 1. The van der Waals surface area contributed by atoms with Gasteiger partial charge in [0.1, 0.15) is 0 Å². The molecule has 1 fully saturated rings. The van der Waals surface area contributed by atoms with Crippen molar-refractivity contribution in [3.05, 3.63) is 35.9 Å². The van der Waals surface area contributed by atoms with Crippen LogP contribution in [-0.2, 0) is 14.3 Å². The van der Waals surface area contributed by atoms with Crippen molar-refractivity contribution in [1.29, 1.82) is 0 Å². The van der Waals surface area contributed by atoms with E-state index in [-0.39, 0.29) is 36.2 Å². The Hall–Kier alpha value is -2.37. The van der Waals surface area contributed by atoms with Gasteiger partial charge in [-0.15, -0.1) is 0 Å². The number of hydrogen-bond acceptors (Lipinski definition) is 4. The molecule has 1 N–H and O–H groups in total. The van der Waals surface area contributed by atoms with Crippen LogP contribution in [0.4, 0.5) is 0 Å². The highest BCUT2D eigenvalue weighted by atomic mass is 16.5. The topological polar surface area (TPSA) is 75.7 Å². The van der Waals surface area contributed by atoms with Crippen molar-refractivity contribution in [2.45, 2.75) is 39.2 Å². The fourth-order valence-electron chi connectivity index (χ4n) is 2.96. The highest BCUT2D eigenvalue weighted by molar-refractivity contribution is 5.94. The molecule has 2 amide bonds. The lowest BCUT2D eigenvalue weighted by molar-refractivity contribution is -0.151. The van der Waals surface area contributed by atoms with Gasteiger partial charge in [-0.2, -0.15) is 0 Å². The minimum absolute atomic E-state index is 0.00294. The van der Waals surface area contributed by atoms with E-state index >= 15 is 0 Å². The Balaban J connectivity index is 1.76. The molecule has 1 unspecified atom stereocenters. The lowest BCUT2D eigenvalue weighted by atomic mass is 9.96. The molecular weight excluding hydrogens is 320 g/mol. The Labute approximate surface area is 148 Å². The number of nitrogens with zero attached hydrogens (tertiary/aromatic N) is 1. The Kier molecular flexibility index (Phi) is 6.98. The summed E-state index contributed by atoms with van der Waals surface area (Å²) in [4.78, 5) is 38.0. The molecule has 0 aliphatic carbocycles. The third-order valence-electron chi connectivity index (χ3n) is 4.36. The molecule has 1 heterocycles. The zero-order chi connectivity index (χ0) is 18.2. The van der Waals surface area contributed by atoms with Crippen LogP contribution in [0.2, 0.25) is 0 Å². The molecule has 6 nitrogen and oxygen atoms in total. The number of piperidine rings is 1. The molecule has 1 aliphatic heterocycles. The van der Waals surface area contributed by atoms with E-state index in [1.165, 1.54) is 0 Å². The number of likely N-dealkylation sites (tertiary alicyclic amines) is 1. The van der Waals surface area contributed by atoms with Crippen LogP contribution in [0.25, 0.3) is 0 Å². The van der Waals surface area contributed by atoms with Crippen molar-refractivity contribution >= 4 is 17.8 Å². The van der Waals surface area contributed by atoms with Crippen molar-refractivity contribution < 1.29 is 19.1 Å². The van der Waals surface area contributed by atoms with Gasteiger partial charge in [0.25, 0.3) is 5.91 Å². The number of ether oxygens (including phenoxy) is 1. The van der Waals surface area contributed by atoms with Crippen LogP contribution in [-0.4, -0.2) is 48.4 Å². The second-order valence-electron chi connectivity index (χ2n) is 6.35. The number of rotatable bonds is 6. The van der Waals surface area contributed by atoms with E-state index in [0.717, 1.165) is 0 Å². The van der Waals surface area contributed by atoms with Crippen LogP contribution in [0.3, 0.4) is 0 Å². The maximum atomic E-state index is 12.4. The van der Waals surface area contributed by atoms with Crippen molar-refractivity contribution in [3.63, 3.8) is 0 Å². The predicted molar refractivity (Wildman–Crippen MR) is 93.9 cm³/mol. The first kappa shape index (κ1) is 19.0. The van der Waals surface area contributed by atoms with E-state index in [4.69, 9.17) is 4.74 Å². The van der Waals surface area contributed by atoms with E-state index in [1.54, 1.807) is 36.1 Å². The summed E-state index contributed by atoms with van der Waals surface area (Å²) in [5.41, 5.74) is 0.581. The molecule has 0 saturated carbocycles. The van der Waals surface area contributed by atoms with Gasteiger partial charge in [-0.05, 0) is 38.8 Å². The van der Waals surface area contributed by atoms with Gasteiger partial charge in [0.05, 0.1) is 12.5 Å². The molecule has 0 radical (unpaired) electrons. The molecule has 1 atom stereocenters. The van der Waals surface area contributed by atoms with Crippen molar-refractivity contribution in [2.75, 3.05) is 19.7 Å². The average Bonchev–Trinajstić information content (AvgIpc) is 2.62.